The van der Waals surface area contributed by atoms with Gasteiger partial charge in [-0.25, -0.2) is 9.97 Å². The normalized spacial score (nSPS) is 13.5. The molecule has 9 nitrogen and oxygen atoms in total. The molecule has 0 saturated carbocycles. The summed E-state index contributed by atoms with van der Waals surface area (Å²) in [5.41, 5.74) is 2.64. The lowest BCUT2D eigenvalue weighted by Crippen LogP contribution is -2.46. The van der Waals surface area contributed by atoms with E-state index in [1.807, 2.05) is 13.0 Å². The number of aromatic nitrogens is 2. The Balaban J connectivity index is 1.40. The number of amides is 1. The first-order valence-electron chi connectivity index (χ1n) is 11.9. The van der Waals surface area contributed by atoms with Gasteiger partial charge < -0.3 is 29.3 Å². The highest BCUT2D eigenvalue weighted by Crippen LogP contribution is 2.41. The first kappa shape index (κ1) is 24.6. The molecule has 10 heteroatoms. The molecule has 1 fully saturated rings. The number of rotatable bonds is 7. The van der Waals surface area contributed by atoms with Gasteiger partial charge in [0.1, 0.15) is 17.0 Å². The van der Waals surface area contributed by atoms with Gasteiger partial charge >= 0.3 is 0 Å². The smallest absolute Gasteiger partial charge is 0.266 e. The number of para-hydroxylation sites is 1. The molecule has 1 amide bonds. The van der Waals surface area contributed by atoms with Crippen molar-refractivity contribution in [3.8, 4) is 17.2 Å². The van der Waals surface area contributed by atoms with Crippen LogP contribution in [0.1, 0.15) is 15.2 Å². The van der Waals surface area contributed by atoms with Crippen molar-refractivity contribution in [2.24, 2.45) is 0 Å². The van der Waals surface area contributed by atoms with Crippen LogP contribution >= 0.6 is 11.3 Å². The second-order valence-electron chi connectivity index (χ2n) is 8.61. The number of nitrogens with zero attached hydrogens (tertiary/aromatic N) is 4. The molecule has 2 aromatic heterocycles. The Kier molecular flexibility index (Phi) is 7.00. The van der Waals surface area contributed by atoms with Crippen LogP contribution in [0.5, 0.6) is 17.2 Å². The standard InChI is InChI=1S/C27H29N5O4S/c1-17-22-25(32-12-10-31(11-13-32)19-8-6-5-7-9-19)28-16-29-27(22)37-24(17)26(33)30-18-14-20(34-2)23(36-4)21(15-18)35-3/h5-9,14-16H,10-13H2,1-4H3,(H,30,33). The SMILES string of the molecule is COc1cc(NC(=O)c2sc3ncnc(N4CCN(c5ccccc5)CC4)c3c2C)cc(OC)c1OC. The highest BCUT2D eigenvalue weighted by atomic mass is 32.1. The maximum absolute atomic E-state index is 13.4. The lowest BCUT2D eigenvalue weighted by Gasteiger charge is -2.37. The number of benzene rings is 2. The number of aryl methyl sites for hydroxylation is 1. The summed E-state index contributed by atoms with van der Waals surface area (Å²) in [6.45, 7) is 5.42. The van der Waals surface area contributed by atoms with Crippen LogP contribution in [0, 0.1) is 6.92 Å². The number of methoxy groups -OCH3 is 3. The Bertz CT molecular complexity index is 1390. The van der Waals surface area contributed by atoms with Crippen LogP contribution in [-0.4, -0.2) is 63.4 Å². The van der Waals surface area contributed by atoms with Crippen molar-refractivity contribution in [1.82, 2.24) is 9.97 Å². The number of thiophene rings is 1. The molecular formula is C27H29N5O4S. The number of carbonyl (C=O) groups excluding carboxylic acids is 1. The average Bonchev–Trinajstić information content (AvgIpc) is 3.29. The van der Waals surface area contributed by atoms with Crippen LogP contribution in [0.3, 0.4) is 0 Å². The molecule has 37 heavy (non-hydrogen) atoms. The van der Waals surface area contributed by atoms with Gasteiger partial charge in [0.2, 0.25) is 5.75 Å². The van der Waals surface area contributed by atoms with Crippen molar-refractivity contribution in [2.45, 2.75) is 6.92 Å². The summed E-state index contributed by atoms with van der Waals surface area (Å²) in [6, 6.07) is 13.9. The van der Waals surface area contributed by atoms with Gasteiger partial charge in [-0.1, -0.05) is 18.2 Å². The van der Waals surface area contributed by atoms with Gasteiger partial charge in [0.25, 0.3) is 5.91 Å². The summed E-state index contributed by atoms with van der Waals surface area (Å²) in [6.07, 6.45) is 1.58. The van der Waals surface area contributed by atoms with Gasteiger partial charge in [-0.05, 0) is 24.6 Å². The first-order chi connectivity index (χ1) is 18.0. The van der Waals surface area contributed by atoms with E-state index >= 15 is 0 Å². The molecule has 192 valence electrons. The molecule has 1 aliphatic heterocycles. The van der Waals surface area contributed by atoms with Crippen molar-refractivity contribution in [3.05, 3.63) is 59.2 Å². The molecule has 0 bridgehead atoms. The summed E-state index contributed by atoms with van der Waals surface area (Å²) >= 11 is 1.37. The number of carbonyl (C=O) groups is 1. The highest BCUT2D eigenvalue weighted by molar-refractivity contribution is 7.20. The zero-order valence-corrected chi connectivity index (χ0v) is 22.1. The number of hydrogen-bond donors (Lipinski definition) is 1. The van der Waals surface area contributed by atoms with E-state index in [1.54, 1.807) is 39.8 Å². The number of fused-ring (bicyclic) bond motifs is 1. The quantitative estimate of drug-likeness (QED) is 0.379. The number of ether oxygens (including phenoxy) is 3. The summed E-state index contributed by atoms with van der Waals surface area (Å²) < 4.78 is 16.2. The molecular weight excluding hydrogens is 490 g/mol. The third-order valence-electron chi connectivity index (χ3n) is 6.54. The minimum atomic E-state index is -0.227. The van der Waals surface area contributed by atoms with Crippen LogP contribution < -0.4 is 29.3 Å². The lowest BCUT2D eigenvalue weighted by molar-refractivity contribution is 0.103. The van der Waals surface area contributed by atoms with Gasteiger partial charge in [-0.3, -0.25) is 4.79 Å². The fourth-order valence-corrected chi connectivity index (χ4v) is 5.70. The van der Waals surface area contributed by atoms with E-state index in [-0.39, 0.29) is 5.91 Å². The van der Waals surface area contributed by atoms with E-state index < -0.39 is 0 Å². The minimum Gasteiger partial charge on any atom is -0.493 e. The third kappa shape index (κ3) is 4.72. The Hall–Kier alpha value is -4.05. The second kappa shape index (κ2) is 10.5. The topological polar surface area (TPSA) is 89.0 Å². The van der Waals surface area contributed by atoms with Crippen LogP contribution in [-0.2, 0) is 0 Å². The zero-order valence-electron chi connectivity index (χ0n) is 21.3. The molecule has 4 aromatic rings. The molecule has 1 saturated heterocycles. The maximum atomic E-state index is 13.4. The predicted molar refractivity (Wildman–Crippen MR) is 147 cm³/mol. The molecule has 5 rings (SSSR count). The van der Waals surface area contributed by atoms with Crippen LogP contribution in [0.25, 0.3) is 10.2 Å². The third-order valence-corrected chi connectivity index (χ3v) is 7.73. The van der Waals surface area contributed by atoms with Gasteiger partial charge in [0, 0.05) is 49.7 Å². The summed E-state index contributed by atoms with van der Waals surface area (Å²) in [7, 11) is 4.62. The molecule has 1 N–H and O–H groups in total. The number of piperazine rings is 1. The van der Waals surface area contributed by atoms with Gasteiger partial charge in [-0.15, -0.1) is 11.3 Å². The largest absolute Gasteiger partial charge is 0.493 e. The molecule has 0 unspecified atom stereocenters. The van der Waals surface area contributed by atoms with Gasteiger partial charge in [0.15, 0.2) is 11.5 Å². The van der Waals surface area contributed by atoms with E-state index in [1.165, 1.54) is 17.0 Å². The fourth-order valence-electron chi connectivity index (χ4n) is 4.67. The van der Waals surface area contributed by atoms with Crippen LogP contribution in [0.4, 0.5) is 17.2 Å². The van der Waals surface area contributed by atoms with E-state index in [0.29, 0.717) is 27.8 Å². The van der Waals surface area contributed by atoms with Crippen LogP contribution in [0.15, 0.2) is 48.8 Å². The Morgan fingerprint density at radius 2 is 1.57 bits per heavy atom. The van der Waals surface area contributed by atoms with Crippen molar-refractivity contribution < 1.29 is 19.0 Å². The monoisotopic (exact) mass is 519 g/mol. The zero-order chi connectivity index (χ0) is 25.9. The Morgan fingerprint density at radius 1 is 0.919 bits per heavy atom. The van der Waals surface area contributed by atoms with Crippen LogP contribution in [0.2, 0.25) is 0 Å². The van der Waals surface area contributed by atoms with Gasteiger partial charge in [-0.2, -0.15) is 0 Å². The molecule has 0 aliphatic carbocycles. The summed E-state index contributed by atoms with van der Waals surface area (Å²) in [5, 5.41) is 3.90. The van der Waals surface area contributed by atoms with Gasteiger partial charge in [0.05, 0.1) is 31.6 Å². The lowest BCUT2D eigenvalue weighted by atomic mass is 10.1. The Labute approximate surface area is 219 Å². The molecule has 2 aromatic carbocycles. The number of hydrogen-bond acceptors (Lipinski definition) is 9. The van der Waals surface area contributed by atoms with E-state index in [9.17, 15) is 4.79 Å². The molecule has 0 atom stereocenters. The molecule has 0 radical (unpaired) electrons. The number of anilines is 3. The second-order valence-corrected chi connectivity index (χ2v) is 9.61. The summed E-state index contributed by atoms with van der Waals surface area (Å²) in [4.78, 5) is 28.5. The van der Waals surface area contributed by atoms with E-state index in [0.717, 1.165) is 47.8 Å². The predicted octanol–water partition coefficient (Wildman–Crippen LogP) is 4.60. The maximum Gasteiger partial charge on any atom is 0.266 e. The minimum absolute atomic E-state index is 0.227. The van der Waals surface area contributed by atoms with Crippen molar-refractivity contribution in [3.63, 3.8) is 0 Å². The fraction of sp³-hybridized carbons (Fsp3) is 0.296. The van der Waals surface area contributed by atoms with Crippen molar-refractivity contribution in [1.29, 1.82) is 0 Å². The van der Waals surface area contributed by atoms with E-state index in [4.69, 9.17) is 14.2 Å². The number of nitrogens with one attached hydrogen (secondary N) is 1. The van der Waals surface area contributed by atoms with E-state index in [2.05, 4.69) is 49.4 Å². The molecule has 3 heterocycles. The van der Waals surface area contributed by atoms with Crippen molar-refractivity contribution >= 4 is 44.7 Å². The van der Waals surface area contributed by atoms with Crippen molar-refractivity contribution in [2.75, 3.05) is 62.6 Å². The highest BCUT2D eigenvalue weighted by Gasteiger charge is 2.25. The average molecular weight is 520 g/mol. The Morgan fingerprint density at radius 3 is 2.19 bits per heavy atom. The molecule has 1 aliphatic rings. The summed E-state index contributed by atoms with van der Waals surface area (Å²) in [5.74, 6) is 2.04. The first-order valence-corrected chi connectivity index (χ1v) is 12.8. The molecule has 0 spiro atoms.